The van der Waals surface area contributed by atoms with E-state index in [1.165, 1.54) is 0 Å². The molecule has 4 heteroatoms. The van der Waals surface area contributed by atoms with E-state index >= 15 is 0 Å². The van der Waals surface area contributed by atoms with Gasteiger partial charge in [0.15, 0.2) is 0 Å². The van der Waals surface area contributed by atoms with Crippen molar-refractivity contribution in [3.8, 4) is 0 Å². The van der Waals surface area contributed by atoms with Crippen LogP contribution in [0.4, 0.5) is 0 Å². The first-order valence-corrected chi connectivity index (χ1v) is 4.78. The molecule has 0 radical (unpaired) electrons. The Morgan fingerprint density at radius 1 is 1.55 bits per heavy atom. The SMILES string of the molecule is N=C(N)c1cc(Br)ccc1I. The first-order valence-electron chi connectivity index (χ1n) is 2.90. The van der Waals surface area contributed by atoms with E-state index in [0.717, 1.165) is 13.6 Å². The van der Waals surface area contributed by atoms with Gasteiger partial charge < -0.3 is 5.73 Å². The maximum Gasteiger partial charge on any atom is 0.123 e. The van der Waals surface area contributed by atoms with Crippen molar-refractivity contribution in [1.29, 1.82) is 5.41 Å². The number of nitrogens with one attached hydrogen (secondary N) is 1. The first kappa shape index (κ1) is 8.99. The third-order valence-corrected chi connectivity index (χ3v) is 2.65. The summed E-state index contributed by atoms with van der Waals surface area (Å²) in [5.74, 6) is 0.107. The zero-order chi connectivity index (χ0) is 8.43. The van der Waals surface area contributed by atoms with Crippen LogP contribution < -0.4 is 5.73 Å². The third kappa shape index (κ3) is 2.16. The summed E-state index contributed by atoms with van der Waals surface area (Å²) in [5.41, 5.74) is 6.12. The Balaban J connectivity index is 3.23. The first-order chi connectivity index (χ1) is 5.11. The van der Waals surface area contributed by atoms with Gasteiger partial charge in [0.1, 0.15) is 5.84 Å². The molecule has 0 saturated carbocycles. The minimum absolute atomic E-state index is 0.107. The molecule has 0 saturated heterocycles. The standard InChI is InChI=1S/C7H6BrIN2/c8-4-1-2-6(9)5(3-4)7(10)11/h1-3H,(H3,10,11). The second-order valence-corrected chi connectivity index (χ2v) is 4.12. The fourth-order valence-corrected chi connectivity index (χ4v) is 1.69. The Morgan fingerprint density at radius 3 is 2.64 bits per heavy atom. The van der Waals surface area contributed by atoms with Gasteiger partial charge in [0, 0.05) is 13.6 Å². The molecule has 0 fully saturated rings. The Labute approximate surface area is 87.0 Å². The second kappa shape index (κ2) is 3.53. The summed E-state index contributed by atoms with van der Waals surface area (Å²) in [4.78, 5) is 0. The summed E-state index contributed by atoms with van der Waals surface area (Å²) in [6, 6.07) is 5.68. The van der Waals surface area contributed by atoms with Gasteiger partial charge in [-0.05, 0) is 40.8 Å². The van der Waals surface area contributed by atoms with Gasteiger partial charge in [0.25, 0.3) is 0 Å². The fourth-order valence-electron chi connectivity index (χ4n) is 0.704. The Bertz CT molecular complexity index is 298. The van der Waals surface area contributed by atoms with Gasteiger partial charge in [0.05, 0.1) is 0 Å². The average Bonchev–Trinajstić information content (AvgIpc) is 1.94. The molecular weight excluding hydrogens is 319 g/mol. The molecule has 0 spiro atoms. The maximum absolute atomic E-state index is 7.23. The molecule has 11 heavy (non-hydrogen) atoms. The van der Waals surface area contributed by atoms with E-state index in [4.69, 9.17) is 11.1 Å². The zero-order valence-electron chi connectivity index (χ0n) is 5.57. The molecule has 3 N–H and O–H groups in total. The van der Waals surface area contributed by atoms with Crippen LogP contribution in [-0.4, -0.2) is 5.84 Å². The van der Waals surface area contributed by atoms with Gasteiger partial charge in [-0.15, -0.1) is 0 Å². The normalized spacial score (nSPS) is 9.64. The topological polar surface area (TPSA) is 49.9 Å². The molecule has 0 atom stereocenters. The van der Waals surface area contributed by atoms with E-state index in [0.29, 0.717) is 0 Å². The van der Waals surface area contributed by atoms with Gasteiger partial charge >= 0.3 is 0 Å². The van der Waals surface area contributed by atoms with E-state index in [2.05, 4.69) is 38.5 Å². The minimum atomic E-state index is 0.107. The number of benzene rings is 1. The lowest BCUT2D eigenvalue weighted by Crippen LogP contribution is -2.12. The van der Waals surface area contributed by atoms with Crippen molar-refractivity contribution in [2.45, 2.75) is 0 Å². The number of rotatable bonds is 1. The molecule has 0 unspecified atom stereocenters. The predicted octanol–water partition coefficient (Wildman–Crippen LogP) is 2.34. The quantitative estimate of drug-likeness (QED) is 0.465. The van der Waals surface area contributed by atoms with E-state index in [1.54, 1.807) is 0 Å². The van der Waals surface area contributed by atoms with Crippen LogP contribution in [0, 0.1) is 8.98 Å². The molecule has 0 aliphatic rings. The number of nitrogen functional groups attached to an aromatic ring is 1. The summed E-state index contributed by atoms with van der Waals surface area (Å²) >= 11 is 5.46. The fraction of sp³-hybridized carbons (Fsp3) is 0. The van der Waals surface area contributed by atoms with Crippen LogP contribution in [0.25, 0.3) is 0 Å². The zero-order valence-corrected chi connectivity index (χ0v) is 9.31. The molecule has 58 valence electrons. The highest BCUT2D eigenvalue weighted by atomic mass is 127. The molecule has 0 aliphatic carbocycles. The van der Waals surface area contributed by atoms with Crippen LogP contribution in [0.3, 0.4) is 0 Å². The lowest BCUT2D eigenvalue weighted by molar-refractivity contribution is 1.40. The van der Waals surface area contributed by atoms with Crippen LogP contribution in [0.15, 0.2) is 22.7 Å². The number of halogens is 2. The summed E-state index contributed by atoms with van der Waals surface area (Å²) in [6.45, 7) is 0. The van der Waals surface area contributed by atoms with Gasteiger partial charge in [-0.25, -0.2) is 0 Å². The molecule has 0 aromatic heterocycles. The number of hydrogen-bond acceptors (Lipinski definition) is 1. The van der Waals surface area contributed by atoms with Gasteiger partial charge in [-0.3, -0.25) is 5.41 Å². The third-order valence-electron chi connectivity index (χ3n) is 1.22. The van der Waals surface area contributed by atoms with Crippen molar-refractivity contribution in [1.82, 2.24) is 0 Å². The molecule has 0 bridgehead atoms. The Kier molecular flexibility index (Phi) is 2.89. The van der Waals surface area contributed by atoms with E-state index in [-0.39, 0.29) is 5.84 Å². The van der Waals surface area contributed by atoms with E-state index in [1.807, 2.05) is 18.2 Å². The van der Waals surface area contributed by atoms with Crippen molar-refractivity contribution in [2.24, 2.45) is 5.73 Å². The van der Waals surface area contributed by atoms with Crippen molar-refractivity contribution in [2.75, 3.05) is 0 Å². The molecule has 1 aromatic carbocycles. The molecule has 1 aromatic rings. The number of hydrogen-bond donors (Lipinski definition) is 2. The van der Waals surface area contributed by atoms with Gasteiger partial charge in [0.2, 0.25) is 0 Å². The highest BCUT2D eigenvalue weighted by molar-refractivity contribution is 14.1. The molecule has 0 heterocycles. The molecule has 1 rings (SSSR count). The van der Waals surface area contributed by atoms with Crippen LogP contribution in [0.1, 0.15) is 5.56 Å². The molecule has 0 amide bonds. The van der Waals surface area contributed by atoms with Crippen molar-refractivity contribution in [3.63, 3.8) is 0 Å². The van der Waals surface area contributed by atoms with Crippen molar-refractivity contribution in [3.05, 3.63) is 31.8 Å². The van der Waals surface area contributed by atoms with Gasteiger partial charge in [-0.1, -0.05) is 15.9 Å². The summed E-state index contributed by atoms with van der Waals surface area (Å²) in [5, 5.41) is 7.23. The monoisotopic (exact) mass is 324 g/mol. The predicted molar refractivity (Wildman–Crippen MR) is 57.9 cm³/mol. The van der Waals surface area contributed by atoms with E-state index in [9.17, 15) is 0 Å². The molecule has 0 aliphatic heterocycles. The Morgan fingerprint density at radius 2 is 2.18 bits per heavy atom. The van der Waals surface area contributed by atoms with Crippen LogP contribution in [0.2, 0.25) is 0 Å². The summed E-state index contributed by atoms with van der Waals surface area (Å²) in [7, 11) is 0. The van der Waals surface area contributed by atoms with Gasteiger partial charge in [-0.2, -0.15) is 0 Å². The maximum atomic E-state index is 7.23. The smallest absolute Gasteiger partial charge is 0.123 e. The lowest BCUT2D eigenvalue weighted by Gasteiger charge is -2.01. The average molecular weight is 325 g/mol. The molecule has 2 nitrogen and oxygen atoms in total. The van der Waals surface area contributed by atoms with Crippen LogP contribution >= 0.6 is 38.5 Å². The molecular formula is C7H6BrIN2. The highest BCUT2D eigenvalue weighted by Gasteiger charge is 2.01. The van der Waals surface area contributed by atoms with Crippen LogP contribution in [0.5, 0.6) is 0 Å². The minimum Gasteiger partial charge on any atom is -0.384 e. The van der Waals surface area contributed by atoms with E-state index < -0.39 is 0 Å². The highest BCUT2D eigenvalue weighted by Crippen LogP contribution is 2.17. The number of nitrogens with two attached hydrogens (primary N) is 1. The van der Waals surface area contributed by atoms with Crippen molar-refractivity contribution >= 4 is 44.4 Å². The lowest BCUT2D eigenvalue weighted by atomic mass is 10.2. The van der Waals surface area contributed by atoms with Crippen molar-refractivity contribution < 1.29 is 0 Å². The summed E-state index contributed by atoms with van der Waals surface area (Å²) in [6.07, 6.45) is 0. The number of amidine groups is 1. The summed E-state index contributed by atoms with van der Waals surface area (Å²) < 4.78 is 1.95. The van der Waals surface area contributed by atoms with Crippen LogP contribution in [-0.2, 0) is 0 Å². The Hall–Kier alpha value is -0.100. The second-order valence-electron chi connectivity index (χ2n) is 2.04. The largest absolute Gasteiger partial charge is 0.384 e.